The molecule has 4 atom stereocenters. The molecule has 0 saturated heterocycles. The Balaban J connectivity index is 2.16. The Morgan fingerprint density at radius 2 is 1.32 bits per heavy atom. The molecule has 1 aliphatic carbocycles. The zero-order chi connectivity index (χ0) is 13.4. The van der Waals surface area contributed by atoms with Crippen LogP contribution in [0, 0.1) is 11.8 Å². The van der Waals surface area contributed by atoms with E-state index in [1.165, 1.54) is 11.1 Å². The van der Waals surface area contributed by atoms with Crippen molar-refractivity contribution in [2.75, 3.05) is 0 Å². The lowest BCUT2D eigenvalue weighted by molar-refractivity contribution is 0.0688. The third-order valence-electron chi connectivity index (χ3n) is 4.66. The molecule has 0 heterocycles. The van der Waals surface area contributed by atoms with Crippen molar-refractivity contribution in [1.29, 1.82) is 0 Å². The zero-order valence-corrected chi connectivity index (χ0v) is 11.5. The molecule has 2 aromatic carbocycles. The van der Waals surface area contributed by atoms with Crippen molar-refractivity contribution in [3.05, 3.63) is 71.3 Å². The number of hydrogen-bond donors (Lipinski definition) is 1. The summed E-state index contributed by atoms with van der Waals surface area (Å²) in [6, 6.07) is 19.0. The number of fused-ring (bicyclic) bond motifs is 1. The molecule has 0 amide bonds. The van der Waals surface area contributed by atoms with E-state index in [1.807, 2.05) is 6.07 Å². The normalized spacial score (nSPS) is 29.8. The second kappa shape index (κ2) is 4.82. The van der Waals surface area contributed by atoms with Crippen molar-refractivity contribution in [3.63, 3.8) is 0 Å². The maximum atomic E-state index is 10.5. The highest BCUT2D eigenvalue weighted by Gasteiger charge is 2.37. The van der Waals surface area contributed by atoms with Gasteiger partial charge in [-0.1, -0.05) is 68.4 Å². The van der Waals surface area contributed by atoms with Gasteiger partial charge in [-0.05, 0) is 28.5 Å². The lowest BCUT2D eigenvalue weighted by Gasteiger charge is -2.39. The van der Waals surface area contributed by atoms with Crippen molar-refractivity contribution in [3.8, 4) is 0 Å². The first-order valence-corrected chi connectivity index (χ1v) is 7.02. The molecule has 1 N–H and O–H groups in total. The second-order valence-electron chi connectivity index (χ2n) is 5.68. The molecule has 1 aliphatic rings. The molecule has 0 fully saturated rings. The van der Waals surface area contributed by atoms with Crippen molar-refractivity contribution in [2.45, 2.75) is 25.9 Å². The molecule has 0 aliphatic heterocycles. The molecule has 0 bridgehead atoms. The van der Waals surface area contributed by atoms with E-state index in [9.17, 15) is 5.11 Å². The number of aliphatic hydroxyl groups excluding tert-OH is 1. The minimum absolute atomic E-state index is 0.278. The Labute approximate surface area is 114 Å². The summed E-state index contributed by atoms with van der Waals surface area (Å²) < 4.78 is 0. The minimum Gasteiger partial charge on any atom is -0.388 e. The molecular weight excluding hydrogens is 232 g/mol. The Morgan fingerprint density at radius 1 is 0.737 bits per heavy atom. The quantitative estimate of drug-likeness (QED) is 0.808. The molecule has 2 aromatic rings. The van der Waals surface area contributed by atoms with Gasteiger partial charge in [-0.15, -0.1) is 0 Å². The van der Waals surface area contributed by atoms with Gasteiger partial charge in [0.1, 0.15) is 0 Å². The van der Waals surface area contributed by atoms with Crippen LogP contribution in [0.5, 0.6) is 0 Å². The predicted molar refractivity (Wildman–Crippen MR) is 78.0 cm³/mol. The first-order chi connectivity index (χ1) is 9.20. The van der Waals surface area contributed by atoms with Crippen LogP contribution < -0.4 is 0 Å². The lowest BCUT2D eigenvalue weighted by Crippen LogP contribution is -2.30. The van der Waals surface area contributed by atoms with E-state index in [0.29, 0.717) is 11.8 Å². The fourth-order valence-corrected chi connectivity index (χ4v) is 3.36. The van der Waals surface area contributed by atoms with Crippen LogP contribution >= 0.6 is 0 Å². The Kier molecular flexibility index (Phi) is 3.16. The van der Waals surface area contributed by atoms with Crippen LogP contribution in [0.25, 0.3) is 0 Å². The fraction of sp³-hybridized carbons (Fsp3) is 0.333. The average molecular weight is 252 g/mol. The van der Waals surface area contributed by atoms with E-state index in [2.05, 4.69) is 62.4 Å². The molecule has 3 rings (SSSR count). The molecule has 4 unspecified atom stereocenters. The second-order valence-corrected chi connectivity index (χ2v) is 5.68. The van der Waals surface area contributed by atoms with Crippen molar-refractivity contribution in [2.24, 2.45) is 11.8 Å². The lowest BCUT2D eigenvalue weighted by atomic mass is 9.67. The summed E-state index contributed by atoms with van der Waals surface area (Å²) in [6.07, 6.45) is -0.342. The fourth-order valence-electron chi connectivity index (χ4n) is 3.36. The standard InChI is InChI=1S/C18H20O/c1-12-13(2)18(19)16-11-7-6-10-15(16)17(12)14-8-4-3-5-9-14/h3-13,17-19H,1-2H3. The van der Waals surface area contributed by atoms with E-state index in [4.69, 9.17) is 0 Å². The maximum Gasteiger partial charge on any atom is 0.0821 e. The molecule has 0 aromatic heterocycles. The van der Waals surface area contributed by atoms with Crippen molar-refractivity contribution in [1.82, 2.24) is 0 Å². The van der Waals surface area contributed by atoms with Crippen molar-refractivity contribution < 1.29 is 5.11 Å². The van der Waals surface area contributed by atoms with Gasteiger partial charge in [0, 0.05) is 5.92 Å². The van der Waals surface area contributed by atoms with Gasteiger partial charge >= 0.3 is 0 Å². The van der Waals surface area contributed by atoms with Gasteiger partial charge in [0.25, 0.3) is 0 Å². The van der Waals surface area contributed by atoms with Crippen molar-refractivity contribution >= 4 is 0 Å². The van der Waals surface area contributed by atoms with Gasteiger partial charge in [0.05, 0.1) is 6.10 Å². The van der Waals surface area contributed by atoms with Crippen LogP contribution in [0.3, 0.4) is 0 Å². The van der Waals surface area contributed by atoms with Gasteiger partial charge in [-0.3, -0.25) is 0 Å². The third-order valence-corrected chi connectivity index (χ3v) is 4.66. The zero-order valence-electron chi connectivity index (χ0n) is 11.5. The van der Waals surface area contributed by atoms with Crippen LogP contribution in [-0.2, 0) is 0 Å². The number of aliphatic hydroxyl groups is 1. The average Bonchev–Trinajstić information content (AvgIpc) is 2.46. The third kappa shape index (κ3) is 1.98. The van der Waals surface area contributed by atoms with Gasteiger partial charge in [-0.25, -0.2) is 0 Å². The largest absolute Gasteiger partial charge is 0.388 e. The van der Waals surface area contributed by atoms with E-state index in [0.717, 1.165) is 5.56 Å². The Morgan fingerprint density at radius 3 is 2.00 bits per heavy atom. The molecule has 1 nitrogen and oxygen atoms in total. The first-order valence-electron chi connectivity index (χ1n) is 7.02. The van der Waals surface area contributed by atoms with Gasteiger partial charge in [0.2, 0.25) is 0 Å². The summed E-state index contributed by atoms with van der Waals surface area (Å²) in [5.41, 5.74) is 3.73. The first kappa shape index (κ1) is 12.4. The van der Waals surface area contributed by atoms with Gasteiger partial charge < -0.3 is 5.11 Å². The number of rotatable bonds is 1. The van der Waals surface area contributed by atoms with E-state index >= 15 is 0 Å². The summed E-state index contributed by atoms with van der Waals surface area (Å²) in [4.78, 5) is 0. The number of benzene rings is 2. The summed E-state index contributed by atoms with van der Waals surface area (Å²) >= 11 is 0. The van der Waals surface area contributed by atoms with Crippen LogP contribution in [-0.4, -0.2) is 5.11 Å². The van der Waals surface area contributed by atoms with Gasteiger partial charge in [-0.2, -0.15) is 0 Å². The van der Waals surface area contributed by atoms with Gasteiger partial charge in [0.15, 0.2) is 0 Å². The topological polar surface area (TPSA) is 20.2 Å². The summed E-state index contributed by atoms with van der Waals surface area (Å²) in [6.45, 7) is 4.41. The highest BCUT2D eigenvalue weighted by Crippen LogP contribution is 2.47. The summed E-state index contributed by atoms with van der Waals surface area (Å²) in [7, 11) is 0. The molecular formula is C18H20O. The van der Waals surface area contributed by atoms with Crippen LogP contribution in [0.2, 0.25) is 0 Å². The van der Waals surface area contributed by atoms with Crippen LogP contribution in [0.1, 0.15) is 42.6 Å². The van der Waals surface area contributed by atoms with E-state index in [1.54, 1.807) is 0 Å². The minimum atomic E-state index is -0.342. The molecule has 19 heavy (non-hydrogen) atoms. The number of hydrogen-bond acceptors (Lipinski definition) is 1. The molecule has 0 spiro atoms. The molecule has 1 heteroatoms. The smallest absolute Gasteiger partial charge is 0.0821 e. The maximum absolute atomic E-state index is 10.5. The monoisotopic (exact) mass is 252 g/mol. The highest BCUT2D eigenvalue weighted by atomic mass is 16.3. The molecule has 0 radical (unpaired) electrons. The predicted octanol–water partition coefficient (Wildman–Crippen LogP) is 4.14. The SMILES string of the molecule is CC1C(O)c2ccccc2C(c2ccccc2)C1C. The molecule has 98 valence electrons. The van der Waals surface area contributed by atoms with Crippen LogP contribution in [0.4, 0.5) is 0 Å². The molecule has 0 saturated carbocycles. The summed E-state index contributed by atoms with van der Waals surface area (Å²) in [5, 5.41) is 10.5. The highest BCUT2D eigenvalue weighted by molar-refractivity contribution is 5.42. The van der Waals surface area contributed by atoms with Crippen LogP contribution in [0.15, 0.2) is 54.6 Å². The van der Waals surface area contributed by atoms with E-state index in [-0.39, 0.29) is 12.0 Å². The van der Waals surface area contributed by atoms with E-state index < -0.39 is 0 Å². The summed E-state index contributed by atoms with van der Waals surface area (Å²) in [5.74, 6) is 1.10. The Hall–Kier alpha value is -1.60. The Bertz CT molecular complexity index is 561.